The molecule has 2 fully saturated rings. The van der Waals surface area contributed by atoms with E-state index in [1.807, 2.05) is 0 Å². The van der Waals surface area contributed by atoms with E-state index in [4.69, 9.17) is 4.74 Å². The van der Waals surface area contributed by atoms with Gasteiger partial charge in [-0.2, -0.15) is 0 Å². The van der Waals surface area contributed by atoms with Crippen molar-refractivity contribution in [3.8, 4) is 0 Å². The van der Waals surface area contributed by atoms with Crippen molar-refractivity contribution in [1.82, 2.24) is 4.90 Å². The highest BCUT2D eigenvalue weighted by molar-refractivity contribution is 5.96. The molecule has 0 unspecified atom stereocenters. The van der Waals surface area contributed by atoms with Crippen molar-refractivity contribution in [3.05, 3.63) is 10.1 Å². The van der Waals surface area contributed by atoms with Gasteiger partial charge in [-0.1, -0.05) is 0 Å². The predicted octanol–water partition coefficient (Wildman–Crippen LogP) is 0.598. The third kappa shape index (κ3) is 2.83. The number of carbonyl (C=O) groups excluding carboxylic acids is 1. The van der Waals surface area contributed by atoms with Crippen LogP contribution in [0.1, 0.15) is 25.7 Å². The van der Waals surface area contributed by atoms with Crippen LogP contribution in [0.3, 0.4) is 0 Å². The topological polar surface area (TPSA) is 94.3 Å². The quantitative estimate of drug-likeness (QED) is 0.525. The summed E-state index contributed by atoms with van der Waals surface area (Å²) in [6, 6.07) is 0.375. The number of aliphatic imine (C=N–C) groups is 1. The first-order chi connectivity index (χ1) is 9.66. The molecule has 1 heterocycles. The van der Waals surface area contributed by atoms with Gasteiger partial charge in [-0.15, -0.1) is 10.1 Å². The fourth-order valence-electron chi connectivity index (χ4n) is 2.73. The average Bonchev–Trinajstić information content (AvgIpc) is 3.34. The van der Waals surface area contributed by atoms with Crippen LogP contribution in [-0.4, -0.2) is 47.7 Å². The largest absolute Gasteiger partial charge is 0.463 e. The second-order valence-electron chi connectivity index (χ2n) is 5.44. The Balaban J connectivity index is 1.75. The zero-order valence-electron chi connectivity index (χ0n) is 11.1. The molecule has 0 saturated heterocycles. The molecule has 1 amide bonds. The Bertz CT molecular complexity index is 432. The van der Waals surface area contributed by atoms with Gasteiger partial charge in [0.05, 0.1) is 6.54 Å². The number of carbonyl (C=O) groups is 1. The molecule has 0 aromatic rings. The molecule has 2 aliphatic carbocycles. The zero-order valence-corrected chi connectivity index (χ0v) is 11.1. The molecule has 8 heteroatoms. The molecule has 0 aromatic heterocycles. The molecule has 0 N–H and O–H groups in total. The first kappa shape index (κ1) is 13.1. The number of hydrogen-bond acceptors (Lipinski definition) is 6. The van der Waals surface area contributed by atoms with Crippen molar-refractivity contribution in [2.45, 2.75) is 31.7 Å². The second-order valence-corrected chi connectivity index (χ2v) is 5.44. The monoisotopic (exact) mass is 283 g/mol. The lowest BCUT2D eigenvalue weighted by Gasteiger charge is -2.30. The molecular formula is C12H17N3O5. The van der Waals surface area contributed by atoms with Crippen molar-refractivity contribution in [1.29, 1.82) is 0 Å². The Morgan fingerprint density at radius 2 is 2.10 bits per heavy atom. The zero-order chi connectivity index (χ0) is 14.1. The smallest absolute Gasteiger partial charge is 0.295 e. The molecule has 0 spiro atoms. The van der Waals surface area contributed by atoms with Crippen LogP contribution in [0.15, 0.2) is 4.99 Å². The lowest BCUT2D eigenvalue weighted by atomic mass is 10.1. The molecule has 0 atom stereocenters. The molecule has 1 aliphatic heterocycles. The van der Waals surface area contributed by atoms with Gasteiger partial charge in [0.25, 0.3) is 17.0 Å². The fraction of sp³-hybridized carbons (Fsp3) is 0.833. The minimum atomic E-state index is -0.948. The van der Waals surface area contributed by atoms with Crippen LogP contribution in [0, 0.1) is 22.0 Å². The van der Waals surface area contributed by atoms with Crippen molar-refractivity contribution < 1.29 is 19.5 Å². The number of ether oxygens (including phenoxy) is 1. The molecule has 8 nitrogen and oxygen atoms in total. The van der Waals surface area contributed by atoms with Crippen LogP contribution in [0.2, 0.25) is 0 Å². The van der Waals surface area contributed by atoms with Gasteiger partial charge in [0.2, 0.25) is 0 Å². The molecular weight excluding hydrogens is 266 g/mol. The summed E-state index contributed by atoms with van der Waals surface area (Å²) in [6.45, 7) is 0.403. The molecule has 3 aliphatic rings. The van der Waals surface area contributed by atoms with Crippen LogP contribution < -0.4 is 0 Å². The van der Waals surface area contributed by atoms with E-state index in [0.717, 1.165) is 25.7 Å². The summed E-state index contributed by atoms with van der Waals surface area (Å²) in [6.07, 6.45) is 4.37. The van der Waals surface area contributed by atoms with Crippen LogP contribution in [0.5, 0.6) is 0 Å². The summed E-state index contributed by atoms with van der Waals surface area (Å²) in [5.74, 6) is 0.495. The number of amidine groups is 1. The van der Waals surface area contributed by atoms with Crippen LogP contribution in [-0.2, 0) is 14.4 Å². The van der Waals surface area contributed by atoms with Gasteiger partial charge in [-0.3, -0.25) is 9.69 Å². The van der Waals surface area contributed by atoms with E-state index < -0.39 is 17.6 Å². The Hall–Kier alpha value is -1.86. The van der Waals surface area contributed by atoms with Gasteiger partial charge >= 0.3 is 0 Å². The number of amides is 1. The highest BCUT2D eigenvalue weighted by Gasteiger charge is 2.48. The van der Waals surface area contributed by atoms with Crippen molar-refractivity contribution in [2.75, 3.05) is 19.8 Å². The van der Waals surface area contributed by atoms with Gasteiger partial charge in [0, 0.05) is 6.04 Å². The molecule has 0 radical (unpaired) electrons. The van der Waals surface area contributed by atoms with E-state index >= 15 is 0 Å². The molecule has 20 heavy (non-hydrogen) atoms. The lowest BCUT2D eigenvalue weighted by Crippen LogP contribution is -2.49. The average molecular weight is 283 g/mol. The Morgan fingerprint density at radius 3 is 2.55 bits per heavy atom. The van der Waals surface area contributed by atoms with Crippen LogP contribution in [0.25, 0.3) is 0 Å². The third-order valence-electron chi connectivity index (χ3n) is 3.85. The first-order valence-corrected chi connectivity index (χ1v) is 6.93. The highest BCUT2D eigenvalue weighted by atomic mass is 16.9. The van der Waals surface area contributed by atoms with Crippen molar-refractivity contribution in [2.24, 2.45) is 16.8 Å². The summed E-state index contributed by atoms with van der Waals surface area (Å²) in [7, 11) is 0. The van der Waals surface area contributed by atoms with E-state index in [0.29, 0.717) is 31.0 Å². The van der Waals surface area contributed by atoms with Gasteiger partial charge in [0.1, 0.15) is 6.61 Å². The maximum absolute atomic E-state index is 12.3. The van der Waals surface area contributed by atoms with E-state index in [-0.39, 0.29) is 6.04 Å². The lowest BCUT2D eigenvalue weighted by molar-refractivity contribution is -0.754. The number of hydrogen-bond donors (Lipinski definition) is 0. The van der Waals surface area contributed by atoms with Gasteiger partial charge in [-0.05, 0) is 37.5 Å². The molecule has 0 bridgehead atoms. The van der Waals surface area contributed by atoms with E-state index in [1.165, 1.54) is 4.90 Å². The summed E-state index contributed by atoms with van der Waals surface area (Å²) in [5, 5.41) is 9.31. The first-order valence-electron chi connectivity index (χ1n) is 6.93. The Morgan fingerprint density at radius 1 is 1.45 bits per heavy atom. The minimum absolute atomic E-state index is 0.0645. The molecule has 2 saturated carbocycles. The maximum atomic E-state index is 12.3. The van der Waals surface area contributed by atoms with Gasteiger partial charge in [0.15, 0.2) is 6.61 Å². The summed E-state index contributed by atoms with van der Waals surface area (Å²) >= 11 is 0. The van der Waals surface area contributed by atoms with Gasteiger partial charge < -0.3 is 9.57 Å². The maximum Gasteiger partial charge on any atom is 0.295 e. The molecule has 0 aromatic carbocycles. The number of nitrogens with zero attached hydrogens (tertiary/aromatic N) is 3. The summed E-state index contributed by atoms with van der Waals surface area (Å²) < 4.78 is 5.41. The summed E-state index contributed by atoms with van der Waals surface area (Å²) in [5.41, 5.74) is 0. The SMILES string of the molecule is O=C(CO[N+](=O)[O-])N(C1=NCCO1)C(C1CC1)C1CC1. The highest BCUT2D eigenvalue weighted by Crippen LogP contribution is 2.47. The van der Waals surface area contributed by atoms with Crippen LogP contribution >= 0.6 is 0 Å². The minimum Gasteiger partial charge on any atom is -0.463 e. The predicted molar refractivity (Wildman–Crippen MR) is 67.3 cm³/mol. The summed E-state index contributed by atoms with van der Waals surface area (Å²) in [4.78, 5) is 32.5. The van der Waals surface area contributed by atoms with E-state index in [1.54, 1.807) is 0 Å². The van der Waals surface area contributed by atoms with Crippen molar-refractivity contribution in [3.63, 3.8) is 0 Å². The van der Waals surface area contributed by atoms with Gasteiger partial charge in [-0.25, -0.2) is 4.99 Å². The van der Waals surface area contributed by atoms with E-state index in [9.17, 15) is 14.9 Å². The second kappa shape index (κ2) is 5.26. The normalized spacial score (nSPS) is 21.4. The van der Waals surface area contributed by atoms with Crippen molar-refractivity contribution >= 4 is 11.9 Å². The molecule has 110 valence electrons. The Kier molecular flexibility index (Phi) is 3.45. The third-order valence-corrected chi connectivity index (χ3v) is 3.85. The molecule has 3 rings (SSSR count). The standard InChI is InChI=1S/C12H17N3O5/c16-10(7-20-15(17)18)14(12-13-5-6-19-12)11(8-1-2-8)9-3-4-9/h8-9,11H,1-7H2. The van der Waals surface area contributed by atoms with E-state index in [2.05, 4.69) is 9.83 Å². The van der Waals surface area contributed by atoms with Crippen LogP contribution in [0.4, 0.5) is 0 Å². The fourth-order valence-corrected chi connectivity index (χ4v) is 2.73. The number of rotatable bonds is 6. The Labute approximate surface area is 115 Å².